The maximum atomic E-state index is 12.3. The Balaban J connectivity index is 1.86. The van der Waals surface area contributed by atoms with Crippen LogP contribution >= 0.6 is 0 Å². The van der Waals surface area contributed by atoms with Gasteiger partial charge in [0.2, 0.25) is 5.91 Å². The quantitative estimate of drug-likeness (QED) is 0.455. The average molecular weight is 386 g/mol. The summed E-state index contributed by atoms with van der Waals surface area (Å²) < 4.78 is 10.9. The minimum absolute atomic E-state index is 0.130. The molecule has 0 heterocycles. The van der Waals surface area contributed by atoms with Crippen LogP contribution in [0.15, 0.2) is 42.5 Å². The zero-order valence-corrected chi connectivity index (χ0v) is 16.2. The van der Waals surface area contributed by atoms with E-state index in [0.29, 0.717) is 35.7 Å². The van der Waals surface area contributed by atoms with Crippen LogP contribution in [0.3, 0.4) is 0 Å². The van der Waals surface area contributed by atoms with Gasteiger partial charge in [-0.05, 0) is 42.7 Å². The Morgan fingerprint density at radius 2 is 1.86 bits per heavy atom. The first kappa shape index (κ1) is 21.1. The summed E-state index contributed by atoms with van der Waals surface area (Å²) in [5.74, 6) is 0.346. The Morgan fingerprint density at radius 1 is 1.07 bits per heavy atom. The van der Waals surface area contributed by atoms with Gasteiger partial charge in [0.25, 0.3) is 5.91 Å². The van der Waals surface area contributed by atoms with Crippen molar-refractivity contribution in [2.75, 3.05) is 13.7 Å². The highest BCUT2D eigenvalue weighted by Gasteiger charge is 2.12. The van der Waals surface area contributed by atoms with E-state index in [9.17, 15) is 14.7 Å². The zero-order valence-electron chi connectivity index (χ0n) is 16.2. The summed E-state index contributed by atoms with van der Waals surface area (Å²) in [6.45, 7) is 2.65. The minimum Gasteiger partial charge on any atom is -0.508 e. The van der Waals surface area contributed by atoms with E-state index in [0.717, 1.165) is 12.8 Å². The number of unbranched alkanes of at least 4 members (excludes halogenated alkanes) is 1. The molecule has 7 nitrogen and oxygen atoms in total. The van der Waals surface area contributed by atoms with E-state index in [4.69, 9.17) is 9.47 Å². The maximum Gasteiger partial charge on any atom is 0.269 e. The molecule has 0 bridgehead atoms. The van der Waals surface area contributed by atoms with Crippen LogP contribution in [0.25, 0.3) is 0 Å². The van der Waals surface area contributed by atoms with Crippen LogP contribution in [0.1, 0.15) is 42.1 Å². The Bertz CT molecular complexity index is 807. The number of methoxy groups -OCH3 is 1. The van der Waals surface area contributed by atoms with Crippen molar-refractivity contribution >= 4 is 11.8 Å². The summed E-state index contributed by atoms with van der Waals surface area (Å²) in [6.07, 6.45) is 2.45. The highest BCUT2D eigenvalue weighted by molar-refractivity contribution is 5.96. The van der Waals surface area contributed by atoms with Crippen molar-refractivity contribution in [3.8, 4) is 17.2 Å². The molecule has 0 unspecified atom stereocenters. The molecule has 0 aromatic heterocycles. The summed E-state index contributed by atoms with van der Waals surface area (Å²) >= 11 is 0. The number of carbonyl (C=O) groups excluding carboxylic acids is 2. The number of nitrogens with one attached hydrogen (secondary N) is 2. The van der Waals surface area contributed by atoms with Crippen LogP contribution in [0.5, 0.6) is 17.2 Å². The first-order valence-corrected chi connectivity index (χ1v) is 9.22. The summed E-state index contributed by atoms with van der Waals surface area (Å²) in [5, 5.41) is 9.71. The number of hydrogen-bond donors (Lipinski definition) is 3. The molecule has 0 saturated carbocycles. The highest BCUT2D eigenvalue weighted by atomic mass is 16.5. The lowest BCUT2D eigenvalue weighted by molar-refractivity contribution is -0.121. The predicted molar refractivity (Wildman–Crippen MR) is 105 cm³/mol. The van der Waals surface area contributed by atoms with E-state index in [1.54, 1.807) is 42.5 Å². The number of hydrogen-bond acceptors (Lipinski definition) is 5. The van der Waals surface area contributed by atoms with Crippen LogP contribution in [-0.4, -0.2) is 30.6 Å². The number of carbonyl (C=O) groups is 2. The molecule has 7 heteroatoms. The second-order valence-corrected chi connectivity index (χ2v) is 6.20. The largest absolute Gasteiger partial charge is 0.508 e. The Morgan fingerprint density at radius 3 is 2.57 bits per heavy atom. The minimum atomic E-state index is -0.464. The van der Waals surface area contributed by atoms with Gasteiger partial charge in [-0.25, -0.2) is 0 Å². The first-order valence-electron chi connectivity index (χ1n) is 9.22. The van der Waals surface area contributed by atoms with Gasteiger partial charge in [-0.1, -0.05) is 31.5 Å². The number of phenols is 1. The van der Waals surface area contributed by atoms with Gasteiger partial charge < -0.3 is 14.6 Å². The topological polar surface area (TPSA) is 96.9 Å². The number of aryl methyl sites for hydroxylation is 1. The second kappa shape index (κ2) is 10.8. The van der Waals surface area contributed by atoms with E-state index >= 15 is 0 Å². The Kier molecular flexibility index (Phi) is 8.14. The van der Waals surface area contributed by atoms with Crippen LogP contribution < -0.4 is 20.3 Å². The summed E-state index contributed by atoms with van der Waals surface area (Å²) in [5.41, 5.74) is 5.76. The lowest BCUT2D eigenvalue weighted by Crippen LogP contribution is -2.41. The number of aromatic hydroxyl groups is 1. The van der Waals surface area contributed by atoms with Gasteiger partial charge in [0.1, 0.15) is 5.75 Å². The molecule has 0 aliphatic heterocycles. The van der Waals surface area contributed by atoms with Crippen molar-refractivity contribution in [2.24, 2.45) is 0 Å². The van der Waals surface area contributed by atoms with Gasteiger partial charge in [0.05, 0.1) is 13.7 Å². The van der Waals surface area contributed by atoms with Gasteiger partial charge >= 0.3 is 0 Å². The number of amides is 2. The predicted octanol–water partition coefficient (Wildman–Crippen LogP) is 2.97. The summed E-state index contributed by atoms with van der Waals surface area (Å²) in [4.78, 5) is 24.2. The Labute approximate surface area is 164 Å². The molecule has 2 amide bonds. The Hall–Kier alpha value is -3.22. The van der Waals surface area contributed by atoms with Crippen molar-refractivity contribution in [3.05, 3.63) is 53.6 Å². The lowest BCUT2D eigenvalue weighted by atomic mass is 10.1. The fraction of sp³-hybridized carbons (Fsp3) is 0.333. The molecule has 0 aliphatic rings. The monoisotopic (exact) mass is 386 g/mol. The zero-order chi connectivity index (χ0) is 20.4. The number of hydrazine groups is 1. The van der Waals surface area contributed by atoms with E-state index in [1.807, 2.05) is 0 Å². The fourth-order valence-corrected chi connectivity index (χ4v) is 2.49. The van der Waals surface area contributed by atoms with Crippen LogP contribution in [0, 0.1) is 0 Å². The molecule has 0 radical (unpaired) electrons. The molecule has 0 aliphatic carbocycles. The molecular formula is C21H26N2O5. The van der Waals surface area contributed by atoms with E-state index < -0.39 is 5.91 Å². The normalized spacial score (nSPS) is 10.2. The number of phenolic OH excluding ortho intramolecular Hbond substituents is 1. The SMILES string of the molecule is CCCCOc1ccc(C(=O)NNC(=O)CCc2ccccc2O)cc1OC. The van der Waals surface area contributed by atoms with Crippen LogP contribution in [0.4, 0.5) is 0 Å². The van der Waals surface area contributed by atoms with Crippen LogP contribution in [-0.2, 0) is 11.2 Å². The van der Waals surface area contributed by atoms with Gasteiger partial charge in [-0.2, -0.15) is 0 Å². The third kappa shape index (κ3) is 6.19. The van der Waals surface area contributed by atoms with Crippen molar-refractivity contribution in [3.63, 3.8) is 0 Å². The molecule has 0 saturated heterocycles. The third-order valence-corrected chi connectivity index (χ3v) is 4.11. The smallest absolute Gasteiger partial charge is 0.269 e. The lowest BCUT2D eigenvalue weighted by Gasteiger charge is -2.12. The molecule has 0 fully saturated rings. The molecule has 2 rings (SSSR count). The van der Waals surface area contributed by atoms with E-state index in [-0.39, 0.29) is 18.1 Å². The molecule has 3 N–H and O–H groups in total. The molecule has 2 aromatic rings. The highest BCUT2D eigenvalue weighted by Crippen LogP contribution is 2.28. The van der Waals surface area contributed by atoms with Gasteiger partial charge in [0, 0.05) is 12.0 Å². The molecule has 0 atom stereocenters. The first-order chi connectivity index (χ1) is 13.5. The van der Waals surface area contributed by atoms with Crippen molar-refractivity contribution in [1.82, 2.24) is 10.9 Å². The molecule has 2 aromatic carbocycles. The summed E-state index contributed by atoms with van der Waals surface area (Å²) in [7, 11) is 1.50. The number of benzene rings is 2. The van der Waals surface area contributed by atoms with Crippen molar-refractivity contribution < 1.29 is 24.2 Å². The van der Waals surface area contributed by atoms with Crippen molar-refractivity contribution in [1.29, 1.82) is 0 Å². The van der Waals surface area contributed by atoms with E-state index in [1.165, 1.54) is 7.11 Å². The molecular weight excluding hydrogens is 360 g/mol. The van der Waals surface area contributed by atoms with Gasteiger partial charge in [-0.15, -0.1) is 0 Å². The standard InChI is InChI=1S/C21H26N2O5/c1-3-4-13-28-18-11-9-16(14-19(18)27-2)21(26)23-22-20(25)12-10-15-7-5-6-8-17(15)24/h5-9,11,14,24H,3-4,10,12-13H2,1-2H3,(H,22,25)(H,23,26). The van der Waals surface area contributed by atoms with Crippen LogP contribution in [0.2, 0.25) is 0 Å². The molecule has 0 spiro atoms. The average Bonchev–Trinajstić information content (AvgIpc) is 2.71. The number of ether oxygens (including phenoxy) is 2. The fourth-order valence-electron chi connectivity index (χ4n) is 2.49. The van der Waals surface area contributed by atoms with Gasteiger partial charge in [0.15, 0.2) is 11.5 Å². The summed E-state index contributed by atoms with van der Waals surface area (Å²) in [6, 6.07) is 11.7. The molecule has 28 heavy (non-hydrogen) atoms. The number of rotatable bonds is 9. The second-order valence-electron chi connectivity index (χ2n) is 6.20. The number of para-hydroxylation sites is 1. The third-order valence-electron chi connectivity index (χ3n) is 4.11. The van der Waals surface area contributed by atoms with Gasteiger partial charge in [-0.3, -0.25) is 20.4 Å². The van der Waals surface area contributed by atoms with Crippen molar-refractivity contribution in [2.45, 2.75) is 32.6 Å². The van der Waals surface area contributed by atoms with E-state index in [2.05, 4.69) is 17.8 Å². The molecule has 150 valence electrons. The maximum absolute atomic E-state index is 12.3.